The Hall–Kier alpha value is -1.30. The molecule has 17 heavy (non-hydrogen) atoms. The number of hydrogen-bond acceptors (Lipinski definition) is 3. The van der Waals surface area contributed by atoms with Crippen LogP contribution in [-0.4, -0.2) is 54.3 Å². The van der Waals surface area contributed by atoms with Crippen molar-refractivity contribution in [1.82, 2.24) is 9.96 Å². The van der Waals surface area contributed by atoms with Crippen LogP contribution in [0.15, 0.2) is 0 Å². The van der Waals surface area contributed by atoms with Gasteiger partial charge >= 0.3 is 6.09 Å². The predicted octanol–water partition coefficient (Wildman–Crippen LogP) is 0.642. The average Bonchev–Trinajstić information content (AvgIpc) is 2.84. The summed E-state index contributed by atoms with van der Waals surface area (Å²) in [7, 11) is 3.08. The Morgan fingerprint density at radius 3 is 2.24 bits per heavy atom. The van der Waals surface area contributed by atoms with Crippen LogP contribution in [0, 0.1) is 17.8 Å². The van der Waals surface area contributed by atoms with Gasteiger partial charge in [0, 0.05) is 26.1 Å². The van der Waals surface area contributed by atoms with Gasteiger partial charge in [0.1, 0.15) is 0 Å². The summed E-state index contributed by atoms with van der Waals surface area (Å²) in [6.45, 7) is 1.14. The van der Waals surface area contributed by atoms with Crippen LogP contribution in [0.3, 0.4) is 0 Å². The van der Waals surface area contributed by atoms with Crippen molar-refractivity contribution < 1.29 is 19.5 Å². The first-order valence-corrected chi connectivity index (χ1v) is 5.82. The molecule has 1 heterocycles. The first kappa shape index (κ1) is 12.2. The molecule has 2 fully saturated rings. The van der Waals surface area contributed by atoms with Crippen molar-refractivity contribution in [2.45, 2.75) is 12.8 Å². The van der Waals surface area contributed by atoms with Crippen LogP contribution in [0.5, 0.6) is 0 Å². The molecule has 1 aliphatic carbocycles. The van der Waals surface area contributed by atoms with Crippen molar-refractivity contribution >= 4 is 12.0 Å². The zero-order valence-corrected chi connectivity index (χ0v) is 10.1. The highest BCUT2D eigenvalue weighted by atomic mass is 16.7. The zero-order chi connectivity index (χ0) is 12.6. The van der Waals surface area contributed by atoms with Gasteiger partial charge in [-0.15, -0.1) is 0 Å². The van der Waals surface area contributed by atoms with Crippen molar-refractivity contribution in [2.24, 2.45) is 17.8 Å². The minimum absolute atomic E-state index is 0.00350. The van der Waals surface area contributed by atoms with Gasteiger partial charge in [-0.3, -0.25) is 9.63 Å². The molecule has 2 rings (SSSR count). The second-order valence-electron chi connectivity index (χ2n) is 4.89. The summed E-state index contributed by atoms with van der Waals surface area (Å²) in [6.07, 6.45) is 0.707. The Labute approximate surface area is 100 Å². The molecule has 1 saturated heterocycles. The van der Waals surface area contributed by atoms with Gasteiger partial charge in [0.2, 0.25) is 5.91 Å². The lowest BCUT2D eigenvalue weighted by molar-refractivity contribution is -0.173. The lowest BCUT2D eigenvalue weighted by Crippen LogP contribution is -2.33. The molecule has 96 valence electrons. The number of likely N-dealkylation sites (tertiary alicyclic amines) is 1. The average molecular weight is 242 g/mol. The number of carbonyl (C=O) groups is 2. The third kappa shape index (κ3) is 2.22. The van der Waals surface area contributed by atoms with E-state index >= 15 is 0 Å². The number of hydrogen-bond donors (Lipinski definition) is 1. The minimum atomic E-state index is -0.851. The van der Waals surface area contributed by atoms with Gasteiger partial charge in [0.15, 0.2) is 0 Å². The first-order valence-electron chi connectivity index (χ1n) is 5.82. The molecule has 2 aliphatic rings. The second-order valence-corrected chi connectivity index (χ2v) is 4.89. The van der Waals surface area contributed by atoms with Gasteiger partial charge in [-0.05, 0) is 24.7 Å². The Kier molecular flexibility index (Phi) is 3.24. The lowest BCUT2D eigenvalue weighted by Gasteiger charge is -2.20. The highest BCUT2D eigenvalue weighted by Gasteiger charge is 2.45. The zero-order valence-electron chi connectivity index (χ0n) is 10.1. The number of amides is 2. The fraction of sp³-hybridized carbons (Fsp3) is 0.818. The normalized spacial score (nSPS) is 31.4. The van der Waals surface area contributed by atoms with E-state index in [1.165, 1.54) is 17.1 Å². The van der Waals surface area contributed by atoms with Crippen LogP contribution in [0.1, 0.15) is 12.8 Å². The maximum absolute atomic E-state index is 11.9. The van der Waals surface area contributed by atoms with Gasteiger partial charge in [-0.1, -0.05) is 0 Å². The molecule has 2 amide bonds. The van der Waals surface area contributed by atoms with Crippen LogP contribution in [0.4, 0.5) is 4.79 Å². The van der Waals surface area contributed by atoms with Crippen molar-refractivity contribution in [2.75, 3.05) is 27.2 Å². The number of hydroxylamine groups is 2. The van der Waals surface area contributed by atoms with E-state index in [-0.39, 0.29) is 11.8 Å². The van der Waals surface area contributed by atoms with Crippen LogP contribution < -0.4 is 0 Å². The fourth-order valence-corrected chi connectivity index (χ4v) is 3.00. The maximum atomic E-state index is 11.9. The van der Waals surface area contributed by atoms with Gasteiger partial charge in [-0.2, -0.15) is 0 Å². The fourth-order valence-electron chi connectivity index (χ4n) is 3.00. The van der Waals surface area contributed by atoms with Gasteiger partial charge in [-0.25, -0.2) is 9.86 Å². The molecule has 6 nitrogen and oxygen atoms in total. The molecule has 0 bridgehead atoms. The molecule has 1 saturated carbocycles. The molecule has 0 radical (unpaired) electrons. The molecule has 0 aromatic heterocycles. The second kappa shape index (κ2) is 4.52. The summed E-state index contributed by atoms with van der Waals surface area (Å²) in [5.41, 5.74) is 0. The first-order chi connectivity index (χ1) is 8.02. The summed E-state index contributed by atoms with van der Waals surface area (Å²) in [5, 5.41) is 10.2. The van der Waals surface area contributed by atoms with E-state index in [0.29, 0.717) is 24.9 Å². The Bertz CT molecular complexity index is 319. The van der Waals surface area contributed by atoms with E-state index in [1.807, 2.05) is 0 Å². The highest BCUT2D eigenvalue weighted by Crippen LogP contribution is 2.42. The third-order valence-corrected chi connectivity index (χ3v) is 3.95. The molecular formula is C11H18N2O4. The molecule has 1 N–H and O–H groups in total. The van der Waals surface area contributed by atoms with E-state index in [1.54, 1.807) is 7.05 Å². The van der Waals surface area contributed by atoms with E-state index < -0.39 is 6.09 Å². The van der Waals surface area contributed by atoms with Crippen LogP contribution >= 0.6 is 0 Å². The van der Waals surface area contributed by atoms with E-state index in [4.69, 9.17) is 9.94 Å². The molecule has 0 aromatic carbocycles. The summed E-state index contributed by atoms with van der Waals surface area (Å²) < 4.78 is 0. The molecule has 0 spiro atoms. The number of fused-ring (bicyclic) bond motifs is 1. The van der Waals surface area contributed by atoms with Gasteiger partial charge in [0.05, 0.1) is 7.11 Å². The van der Waals surface area contributed by atoms with E-state index in [2.05, 4.69) is 0 Å². The molecule has 1 unspecified atom stereocenters. The van der Waals surface area contributed by atoms with Crippen LogP contribution in [-0.2, 0) is 9.63 Å². The Morgan fingerprint density at radius 1 is 1.29 bits per heavy atom. The predicted molar refractivity (Wildman–Crippen MR) is 59.1 cm³/mol. The molecule has 3 atom stereocenters. The summed E-state index contributed by atoms with van der Waals surface area (Å²) in [5.74, 6) is 0.672. The number of nitrogens with zero attached hydrogens (tertiary/aromatic N) is 2. The van der Waals surface area contributed by atoms with Crippen molar-refractivity contribution in [3.05, 3.63) is 0 Å². The minimum Gasteiger partial charge on any atom is -0.465 e. The smallest absolute Gasteiger partial charge is 0.407 e. The van der Waals surface area contributed by atoms with Crippen LogP contribution in [0.2, 0.25) is 0 Å². The molecule has 0 aromatic rings. The maximum Gasteiger partial charge on any atom is 0.407 e. The topological polar surface area (TPSA) is 70.1 Å². The van der Waals surface area contributed by atoms with Crippen molar-refractivity contribution in [1.29, 1.82) is 0 Å². The third-order valence-electron chi connectivity index (χ3n) is 3.95. The van der Waals surface area contributed by atoms with Crippen molar-refractivity contribution in [3.63, 3.8) is 0 Å². The van der Waals surface area contributed by atoms with Crippen LogP contribution in [0.25, 0.3) is 0 Å². The van der Waals surface area contributed by atoms with Gasteiger partial charge in [0.25, 0.3) is 0 Å². The molecular weight excluding hydrogens is 224 g/mol. The summed E-state index contributed by atoms with van der Waals surface area (Å²) >= 11 is 0. The number of carboxylic acid groups (broad SMARTS) is 1. The Balaban J connectivity index is 1.92. The summed E-state index contributed by atoms with van der Waals surface area (Å²) in [4.78, 5) is 29.1. The standard InChI is InChI=1S/C11H18N2O4/c1-12(17-2)10(14)7-3-8-5-13(11(15)16)6-9(8)4-7/h7-9H,3-6H2,1-2H3,(H,15,16)/t7?,8-,9+. The van der Waals surface area contributed by atoms with Crippen molar-refractivity contribution in [3.8, 4) is 0 Å². The van der Waals surface area contributed by atoms with Gasteiger partial charge < -0.3 is 10.0 Å². The SMILES string of the molecule is CON(C)C(=O)C1C[C@@H]2CN(C(=O)O)C[C@@H]2C1. The molecule has 6 heteroatoms. The van der Waals surface area contributed by atoms with E-state index in [0.717, 1.165) is 12.8 Å². The highest BCUT2D eigenvalue weighted by molar-refractivity contribution is 5.78. The quantitative estimate of drug-likeness (QED) is 0.721. The monoisotopic (exact) mass is 242 g/mol. The lowest BCUT2D eigenvalue weighted by atomic mass is 10.0. The summed E-state index contributed by atoms with van der Waals surface area (Å²) in [6, 6.07) is 0. The number of rotatable bonds is 2. The largest absolute Gasteiger partial charge is 0.465 e. The molecule has 1 aliphatic heterocycles. The van der Waals surface area contributed by atoms with E-state index in [9.17, 15) is 9.59 Å². The Morgan fingerprint density at radius 2 is 1.82 bits per heavy atom. The number of carbonyl (C=O) groups excluding carboxylic acids is 1.